The van der Waals surface area contributed by atoms with Crippen LogP contribution in [0.5, 0.6) is 0 Å². The third-order valence-electron chi connectivity index (χ3n) is 3.61. The number of amides is 1. The molecule has 0 N–H and O–H groups in total. The summed E-state index contributed by atoms with van der Waals surface area (Å²) in [5.41, 5.74) is 1.97. The Hall–Kier alpha value is -2.73. The lowest BCUT2D eigenvalue weighted by Gasteiger charge is -2.17. The summed E-state index contributed by atoms with van der Waals surface area (Å²) in [6, 6.07) is 13.2. The van der Waals surface area contributed by atoms with E-state index in [9.17, 15) is 9.59 Å². The Kier molecular flexibility index (Phi) is 4.57. The van der Waals surface area contributed by atoms with Gasteiger partial charge in [0.1, 0.15) is 0 Å². The van der Waals surface area contributed by atoms with Crippen molar-refractivity contribution in [1.82, 2.24) is 14.7 Å². The second-order valence-electron chi connectivity index (χ2n) is 5.50. The second kappa shape index (κ2) is 6.80. The molecule has 0 aliphatic carbocycles. The van der Waals surface area contributed by atoms with Crippen LogP contribution < -0.4 is 0 Å². The molecule has 6 heteroatoms. The maximum Gasteiger partial charge on any atom is 0.263 e. The first kappa shape index (κ1) is 16.1. The lowest BCUT2D eigenvalue weighted by atomic mass is 10.2. The number of hydrogen-bond donors (Lipinski definition) is 0. The maximum absolute atomic E-state index is 12.5. The highest BCUT2D eigenvalue weighted by Crippen LogP contribution is 2.20. The first-order valence-corrected chi connectivity index (χ1v) is 8.31. The second-order valence-corrected chi connectivity index (χ2v) is 6.59. The molecule has 3 rings (SSSR count). The van der Waals surface area contributed by atoms with Gasteiger partial charge >= 0.3 is 0 Å². The van der Waals surface area contributed by atoms with Crippen LogP contribution in [-0.4, -0.2) is 33.4 Å². The molecule has 0 saturated carbocycles. The summed E-state index contributed by atoms with van der Waals surface area (Å²) in [4.78, 5) is 26.7. The summed E-state index contributed by atoms with van der Waals surface area (Å²) in [7, 11) is 1.76. The molecular weight excluding hydrogens is 322 g/mol. The molecule has 0 aliphatic rings. The molecule has 0 spiro atoms. The van der Waals surface area contributed by atoms with Crippen LogP contribution >= 0.6 is 11.3 Å². The van der Waals surface area contributed by atoms with Crippen molar-refractivity contribution in [3.05, 3.63) is 70.2 Å². The zero-order chi connectivity index (χ0) is 17.1. The van der Waals surface area contributed by atoms with E-state index in [1.54, 1.807) is 35.0 Å². The minimum absolute atomic E-state index is 0.0198. The van der Waals surface area contributed by atoms with Crippen molar-refractivity contribution < 1.29 is 9.59 Å². The van der Waals surface area contributed by atoms with Crippen LogP contribution in [-0.2, 0) is 6.54 Å². The highest BCUT2D eigenvalue weighted by atomic mass is 32.1. The number of Topliss-reactive ketones (excluding diaryl/α,β-unsaturated/α-hetero) is 1. The molecule has 0 radical (unpaired) electrons. The van der Waals surface area contributed by atoms with Crippen LogP contribution in [0, 0.1) is 0 Å². The first-order valence-electron chi connectivity index (χ1n) is 7.50. The molecule has 0 atom stereocenters. The summed E-state index contributed by atoms with van der Waals surface area (Å²) in [6.07, 6.45) is 3.61. The van der Waals surface area contributed by atoms with E-state index in [1.807, 2.05) is 36.5 Å². The fourth-order valence-electron chi connectivity index (χ4n) is 2.39. The molecule has 24 heavy (non-hydrogen) atoms. The molecule has 2 aromatic heterocycles. The normalized spacial score (nSPS) is 10.6. The van der Waals surface area contributed by atoms with E-state index >= 15 is 0 Å². The first-order chi connectivity index (χ1) is 11.5. The number of hydrogen-bond acceptors (Lipinski definition) is 4. The van der Waals surface area contributed by atoms with Crippen molar-refractivity contribution in [3.63, 3.8) is 0 Å². The smallest absolute Gasteiger partial charge is 0.263 e. The van der Waals surface area contributed by atoms with Gasteiger partial charge in [0.25, 0.3) is 5.91 Å². The van der Waals surface area contributed by atoms with E-state index in [1.165, 1.54) is 18.3 Å². The average molecular weight is 339 g/mol. The van der Waals surface area contributed by atoms with E-state index in [0.29, 0.717) is 16.3 Å². The van der Waals surface area contributed by atoms with E-state index in [0.717, 1.165) is 11.3 Å². The lowest BCUT2D eigenvalue weighted by molar-refractivity contribution is 0.0789. The van der Waals surface area contributed by atoms with Gasteiger partial charge in [-0.1, -0.05) is 12.1 Å². The minimum Gasteiger partial charge on any atom is -0.337 e. The van der Waals surface area contributed by atoms with Crippen LogP contribution in [0.25, 0.3) is 5.69 Å². The average Bonchev–Trinajstić information content (AvgIpc) is 3.26. The number of benzene rings is 1. The van der Waals surface area contributed by atoms with Gasteiger partial charge < -0.3 is 4.90 Å². The van der Waals surface area contributed by atoms with E-state index in [2.05, 4.69) is 5.10 Å². The Morgan fingerprint density at radius 2 is 1.96 bits per heavy atom. The monoisotopic (exact) mass is 339 g/mol. The Balaban J connectivity index is 1.74. The molecule has 1 amide bonds. The van der Waals surface area contributed by atoms with Crippen LogP contribution in [0.1, 0.15) is 31.8 Å². The van der Waals surface area contributed by atoms with Gasteiger partial charge in [-0.2, -0.15) is 5.10 Å². The number of rotatable bonds is 5. The van der Waals surface area contributed by atoms with Gasteiger partial charge in [-0.15, -0.1) is 11.3 Å². The number of ketones is 1. The largest absolute Gasteiger partial charge is 0.337 e. The molecule has 0 bridgehead atoms. The van der Waals surface area contributed by atoms with Gasteiger partial charge in [0.2, 0.25) is 0 Å². The molecule has 122 valence electrons. The van der Waals surface area contributed by atoms with E-state index in [-0.39, 0.29) is 11.7 Å². The highest BCUT2D eigenvalue weighted by molar-refractivity contribution is 7.15. The van der Waals surface area contributed by atoms with E-state index < -0.39 is 0 Å². The Bertz CT molecular complexity index is 868. The molecule has 1 aromatic carbocycles. The topological polar surface area (TPSA) is 55.2 Å². The van der Waals surface area contributed by atoms with Gasteiger partial charge in [0.15, 0.2) is 5.78 Å². The molecule has 3 aromatic rings. The van der Waals surface area contributed by atoms with Crippen molar-refractivity contribution in [2.24, 2.45) is 0 Å². The van der Waals surface area contributed by atoms with Gasteiger partial charge in [0.05, 0.1) is 15.4 Å². The summed E-state index contributed by atoms with van der Waals surface area (Å²) < 4.78 is 1.78. The van der Waals surface area contributed by atoms with Gasteiger partial charge in [0, 0.05) is 26.0 Å². The van der Waals surface area contributed by atoms with Crippen LogP contribution in [0.15, 0.2) is 54.9 Å². The number of carbonyl (C=O) groups excluding carboxylic acids is 2. The lowest BCUT2D eigenvalue weighted by Crippen LogP contribution is -2.25. The standard InChI is InChI=1S/C18H17N3O2S/c1-13(22)16-7-8-17(24-16)18(23)20(2)12-14-5-3-6-15(11-14)21-10-4-9-19-21/h3-11H,12H2,1-2H3. The SMILES string of the molecule is CC(=O)c1ccc(C(=O)N(C)Cc2cccc(-n3cccn3)c2)s1. The third kappa shape index (κ3) is 3.44. The number of aromatic nitrogens is 2. The molecule has 2 heterocycles. The number of nitrogens with zero attached hydrogens (tertiary/aromatic N) is 3. The fourth-order valence-corrected chi connectivity index (χ4v) is 3.29. The molecular formula is C18H17N3O2S. The maximum atomic E-state index is 12.5. The third-order valence-corrected chi connectivity index (χ3v) is 4.78. The van der Waals surface area contributed by atoms with E-state index in [4.69, 9.17) is 0 Å². The Labute approximate surface area is 144 Å². The van der Waals surface area contributed by atoms with Gasteiger partial charge in [-0.05, 0) is 42.8 Å². The highest BCUT2D eigenvalue weighted by Gasteiger charge is 2.16. The molecule has 5 nitrogen and oxygen atoms in total. The molecule has 0 saturated heterocycles. The summed E-state index contributed by atoms with van der Waals surface area (Å²) in [5, 5.41) is 4.21. The molecule has 0 aliphatic heterocycles. The molecule has 0 unspecified atom stereocenters. The zero-order valence-electron chi connectivity index (χ0n) is 13.5. The Morgan fingerprint density at radius 1 is 1.17 bits per heavy atom. The van der Waals surface area contributed by atoms with Crippen molar-refractivity contribution in [3.8, 4) is 5.69 Å². The summed E-state index contributed by atoms with van der Waals surface area (Å²) in [5.74, 6) is -0.106. The summed E-state index contributed by atoms with van der Waals surface area (Å²) in [6.45, 7) is 1.99. The van der Waals surface area contributed by atoms with Crippen molar-refractivity contribution in [2.45, 2.75) is 13.5 Å². The summed E-state index contributed by atoms with van der Waals surface area (Å²) >= 11 is 1.23. The minimum atomic E-state index is -0.0861. The van der Waals surface area contributed by atoms with Crippen LogP contribution in [0.4, 0.5) is 0 Å². The molecule has 0 fully saturated rings. The quantitative estimate of drug-likeness (QED) is 0.669. The van der Waals surface area contributed by atoms with Gasteiger partial charge in [-0.3, -0.25) is 9.59 Å². The predicted molar refractivity (Wildman–Crippen MR) is 93.7 cm³/mol. The number of carbonyl (C=O) groups is 2. The zero-order valence-corrected chi connectivity index (χ0v) is 14.3. The van der Waals surface area contributed by atoms with Crippen LogP contribution in [0.2, 0.25) is 0 Å². The van der Waals surface area contributed by atoms with Crippen molar-refractivity contribution >= 4 is 23.0 Å². The van der Waals surface area contributed by atoms with Crippen LogP contribution in [0.3, 0.4) is 0 Å². The van der Waals surface area contributed by atoms with Gasteiger partial charge in [-0.25, -0.2) is 4.68 Å². The number of thiophene rings is 1. The van der Waals surface area contributed by atoms with Crippen molar-refractivity contribution in [2.75, 3.05) is 7.05 Å². The fraction of sp³-hybridized carbons (Fsp3) is 0.167. The predicted octanol–water partition coefficient (Wildman–Crippen LogP) is 3.41. The Morgan fingerprint density at radius 3 is 2.62 bits per heavy atom. The van der Waals surface area contributed by atoms with Crippen molar-refractivity contribution in [1.29, 1.82) is 0 Å².